The monoisotopic (exact) mass is 149 g/mol. The van der Waals surface area contributed by atoms with Crippen molar-refractivity contribution in [2.75, 3.05) is 5.73 Å². The van der Waals surface area contributed by atoms with E-state index in [9.17, 15) is 0 Å². The van der Waals surface area contributed by atoms with E-state index in [-0.39, 0.29) is 0 Å². The van der Waals surface area contributed by atoms with Crippen LogP contribution in [0.25, 0.3) is 11.0 Å². The molecule has 2 N–H and O–H groups in total. The topological polar surface area (TPSA) is 64.9 Å². The van der Waals surface area contributed by atoms with Gasteiger partial charge in [-0.3, -0.25) is 0 Å². The zero-order chi connectivity index (χ0) is 7.84. The van der Waals surface area contributed by atoms with Gasteiger partial charge in [0.25, 0.3) is 0 Å². The zero-order valence-corrected chi connectivity index (χ0v) is 6.03. The maximum absolute atomic E-state index is 5.50. The highest BCUT2D eigenvalue weighted by atomic mass is 16.3. The molecule has 0 aliphatic rings. The fourth-order valence-electron chi connectivity index (χ4n) is 1.01. The Bertz CT molecular complexity index is 393. The molecule has 0 fully saturated rings. The fraction of sp³-hybridized carbons (Fsp3) is 0.143. The summed E-state index contributed by atoms with van der Waals surface area (Å²) in [6, 6.07) is 0. The first-order valence-electron chi connectivity index (χ1n) is 3.24. The van der Waals surface area contributed by atoms with Crippen molar-refractivity contribution < 1.29 is 4.42 Å². The average Bonchev–Trinajstić information content (AvgIpc) is 2.35. The summed E-state index contributed by atoms with van der Waals surface area (Å²) in [6.07, 6.45) is 3.29. The molecule has 0 aromatic carbocycles. The Morgan fingerprint density at radius 1 is 1.55 bits per heavy atom. The van der Waals surface area contributed by atoms with Crippen LogP contribution in [0.2, 0.25) is 0 Å². The highest BCUT2D eigenvalue weighted by Gasteiger charge is 2.05. The number of fused-ring (bicyclic) bond motifs is 1. The molecule has 11 heavy (non-hydrogen) atoms. The summed E-state index contributed by atoms with van der Waals surface area (Å²) in [5.74, 6) is 0.343. The van der Waals surface area contributed by atoms with Crippen LogP contribution in [0.4, 0.5) is 5.82 Å². The first-order valence-corrected chi connectivity index (χ1v) is 3.24. The molecule has 0 amide bonds. The van der Waals surface area contributed by atoms with E-state index in [0.29, 0.717) is 11.4 Å². The van der Waals surface area contributed by atoms with Crippen molar-refractivity contribution in [3.63, 3.8) is 0 Å². The van der Waals surface area contributed by atoms with E-state index in [2.05, 4.69) is 10.2 Å². The van der Waals surface area contributed by atoms with E-state index in [1.807, 2.05) is 6.92 Å². The van der Waals surface area contributed by atoms with E-state index in [1.54, 1.807) is 12.5 Å². The van der Waals surface area contributed by atoms with Crippen LogP contribution in [0, 0.1) is 6.92 Å². The van der Waals surface area contributed by atoms with Crippen molar-refractivity contribution in [3.8, 4) is 0 Å². The van der Waals surface area contributed by atoms with Gasteiger partial charge in [0.05, 0.1) is 12.5 Å². The van der Waals surface area contributed by atoms with Gasteiger partial charge in [0.1, 0.15) is 0 Å². The standard InChI is InChI=1S/C7H7N3O/c1-4-3-11-6-5(4)2-9-10-7(6)8/h2-3H,1H3,(H2,8,10). The minimum atomic E-state index is 0.343. The van der Waals surface area contributed by atoms with Crippen molar-refractivity contribution in [2.24, 2.45) is 0 Å². The Morgan fingerprint density at radius 2 is 2.36 bits per heavy atom. The minimum Gasteiger partial charge on any atom is -0.460 e. The first kappa shape index (κ1) is 6.15. The predicted molar refractivity (Wildman–Crippen MR) is 41.0 cm³/mol. The maximum Gasteiger partial charge on any atom is 0.189 e. The Hall–Kier alpha value is -1.58. The van der Waals surface area contributed by atoms with E-state index in [0.717, 1.165) is 10.9 Å². The number of nitrogens with two attached hydrogens (primary N) is 1. The van der Waals surface area contributed by atoms with Crippen molar-refractivity contribution in [2.45, 2.75) is 6.92 Å². The van der Waals surface area contributed by atoms with Crippen molar-refractivity contribution in [3.05, 3.63) is 18.0 Å². The summed E-state index contributed by atoms with van der Waals surface area (Å²) in [6.45, 7) is 1.94. The summed E-state index contributed by atoms with van der Waals surface area (Å²) >= 11 is 0. The van der Waals surface area contributed by atoms with Crippen LogP contribution in [-0.2, 0) is 0 Å². The highest BCUT2D eigenvalue weighted by Crippen LogP contribution is 2.21. The van der Waals surface area contributed by atoms with Gasteiger partial charge in [-0.25, -0.2) is 0 Å². The largest absolute Gasteiger partial charge is 0.460 e. The minimum absolute atomic E-state index is 0.343. The van der Waals surface area contributed by atoms with Crippen LogP contribution >= 0.6 is 0 Å². The van der Waals surface area contributed by atoms with Crippen LogP contribution in [0.15, 0.2) is 16.9 Å². The number of nitrogens with zero attached hydrogens (tertiary/aromatic N) is 2. The van der Waals surface area contributed by atoms with Gasteiger partial charge in [-0.15, -0.1) is 5.10 Å². The van der Waals surface area contributed by atoms with Gasteiger partial charge in [-0.1, -0.05) is 0 Å². The molecule has 0 aliphatic heterocycles. The van der Waals surface area contributed by atoms with E-state index in [1.165, 1.54) is 0 Å². The van der Waals surface area contributed by atoms with Gasteiger partial charge in [0.15, 0.2) is 11.4 Å². The lowest BCUT2D eigenvalue weighted by molar-refractivity contribution is 0.612. The van der Waals surface area contributed by atoms with Gasteiger partial charge in [-0.05, 0) is 12.5 Å². The summed E-state index contributed by atoms with van der Waals surface area (Å²) in [4.78, 5) is 0. The van der Waals surface area contributed by atoms with Gasteiger partial charge >= 0.3 is 0 Å². The van der Waals surface area contributed by atoms with Gasteiger partial charge in [-0.2, -0.15) is 5.10 Å². The Labute approximate surface area is 63.0 Å². The second-order valence-electron chi connectivity index (χ2n) is 2.39. The van der Waals surface area contributed by atoms with Crippen LogP contribution in [0.3, 0.4) is 0 Å². The lowest BCUT2D eigenvalue weighted by Gasteiger charge is -1.90. The van der Waals surface area contributed by atoms with E-state index < -0.39 is 0 Å². The van der Waals surface area contributed by atoms with Crippen LogP contribution in [0.5, 0.6) is 0 Å². The smallest absolute Gasteiger partial charge is 0.189 e. The van der Waals surface area contributed by atoms with Gasteiger partial charge in [0, 0.05) is 5.39 Å². The SMILES string of the molecule is Cc1coc2c(N)nncc12. The second kappa shape index (κ2) is 1.95. The molecule has 0 saturated carbocycles. The number of hydrogen-bond acceptors (Lipinski definition) is 4. The molecular formula is C7H7N3O. The van der Waals surface area contributed by atoms with Crippen molar-refractivity contribution >= 4 is 16.8 Å². The third-order valence-electron chi connectivity index (χ3n) is 1.61. The molecule has 0 spiro atoms. The number of aryl methyl sites for hydroxylation is 1. The molecule has 4 nitrogen and oxygen atoms in total. The lowest BCUT2D eigenvalue weighted by atomic mass is 10.2. The maximum atomic E-state index is 5.50. The molecule has 4 heteroatoms. The molecule has 0 radical (unpaired) electrons. The molecule has 2 heterocycles. The number of rotatable bonds is 0. The number of hydrogen-bond donors (Lipinski definition) is 1. The molecule has 0 saturated heterocycles. The fourth-order valence-corrected chi connectivity index (χ4v) is 1.01. The van der Waals surface area contributed by atoms with Crippen LogP contribution < -0.4 is 5.73 Å². The average molecular weight is 149 g/mol. The molecule has 2 rings (SSSR count). The molecule has 2 aromatic heterocycles. The Morgan fingerprint density at radius 3 is 3.09 bits per heavy atom. The Kier molecular flexibility index (Phi) is 1.09. The molecular weight excluding hydrogens is 142 g/mol. The third kappa shape index (κ3) is 0.756. The quantitative estimate of drug-likeness (QED) is 0.609. The van der Waals surface area contributed by atoms with Gasteiger partial charge < -0.3 is 10.2 Å². The normalized spacial score (nSPS) is 10.6. The molecule has 2 aromatic rings. The van der Waals surface area contributed by atoms with Crippen molar-refractivity contribution in [1.29, 1.82) is 0 Å². The molecule has 0 aliphatic carbocycles. The lowest BCUT2D eigenvalue weighted by Crippen LogP contribution is -1.91. The molecule has 0 unspecified atom stereocenters. The summed E-state index contributed by atoms with van der Waals surface area (Å²) in [5, 5.41) is 8.29. The van der Waals surface area contributed by atoms with Gasteiger partial charge in [0.2, 0.25) is 0 Å². The molecule has 56 valence electrons. The zero-order valence-electron chi connectivity index (χ0n) is 6.03. The number of nitrogen functional groups attached to an aromatic ring is 1. The van der Waals surface area contributed by atoms with E-state index in [4.69, 9.17) is 10.2 Å². The highest BCUT2D eigenvalue weighted by molar-refractivity contribution is 5.87. The molecule has 0 atom stereocenters. The van der Waals surface area contributed by atoms with Crippen LogP contribution in [0.1, 0.15) is 5.56 Å². The number of furan rings is 1. The molecule has 0 bridgehead atoms. The summed E-state index contributed by atoms with van der Waals surface area (Å²) in [5.41, 5.74) is 7.15. The Balaban J connectivity index is 2.94. The van der Waals surface area contributed by atoms with Crippen LogP contribution in [-0.4, -0.2) is 10.2 Å². The summed E-state index contributed by atoms with van der Waals surface area (Å²) in [7, 11) is 0. The number of anilines is 1. The third-order valence-corrected chi connectivity index (χ3v) is 1.61. The first-order chi connectivity index (χ1) is 5.29. The van der Waals surface area contributed by atoms with E-state index >= 15 is 0 Å². The second-order valence-corrected chi connectivity index (χ2v) is 2.39. The number of aromatic nitrogens is 2. The predicted octanol–water partition coefficient (Wildman–Crippen LogP) is 1.11. The summed E-state index contributed by atoms with van der Waals surface area (Å²) < 4.78 is 5.15. The van der Waals surface area contributed by atoms with Crippen molar-refractivity contribution in [1.82, 2.24) is 10.2 Å².